The second kappa shape index (κ2) is 25.1. The average molecular weight is 1380 g/mol. The Morgan fingerprint density at radius 2 is 0.687 bits per heavy atom. The molecule has 0 aliphatic heterocycles. The summed E-state index contributed by atoms with van der Waals surface area (Å²) in [4.78, 5) is 3.69. The lowest BCUT2D eigenvalue weighted by Gasteiger charge is -2.13. The molecule has 0 amide bonds. The van der Waals surface area contributed by atoms with E-state index in [-0.39, 0.29) is 14.9 Å². The third-order valence-electron chi connectivity index (χ3n) is 18.6. The van der Waals surface area contributed by atoms with E-state index in [0.29, 0.717) is 22.7 Å². The molecule has 0 spiro atoms. The molecule has 0 saturated heterocycles. The lowest BCUT2D eigenvalue weighted by molar-refractivity contribution is 0.482. The first-order valence-corrected chi connectivity index (χ1v) is 34.2. The van der Waals surface area contributed by atoms with Gasteiger partial charge in [-0.3, -0.25) is 0 Å². The van der Waals surface area contributed by atoms with Gasteiger partial charge >= 0.3 is 0 Å². The zero-order chi connectivity index (χ0) is 64.8. The number of benzene rings is 14. The number of hydrogen-bond acceptors (Lipinski definition) is 5. The molecule has 6 aromatic heterocycles. The molecule has 20 aromatic rings. The van der Waals surface area contributed by atoms with Crippen molar-refractivity contribution in [1.82, 2.24) is 18.3 Å². The van der Waals surface area contributed by atoms with Crippen molar-refractivity contribution in [1.29, 1.82) is 5.26 Å². The highest BCUT2D eigenvalue weighted by Gasteiger charge is 2.21. The van der Waals surface area contributed by atoms with Crippen LogP contribution in [0.5, 0.6) is 17.2 Å². The number of halogens is 1. The highest BCUT2D eigenvalue weighted by atomic mass is 79.9. The van der Waals surface area contributed by atoms with Gasteiger partial charge in [0.2, 0.25) is 5.69 Å². The molecule has 14 aromatic carbocycles. The van der Waals surface area contributed by atoms with Gasteiger partial charge in [-0.25, -0.2) is 4.85 Å². The monoisotopic (exact) mass is 1370 g/mol. The van der Waals surface area contributed by atoms with Crippen LogP contribution >= 0.6 is 38.6 Å². The molecule has 0 radical (unpaired) electrons. The van der Waals surface area contributed by atoms with Crippen molar-refractivity contribution in [2.45, 2.75) is 14.9 Å². The van der Waals surface area contributed by atoms with Crippen LogP contribution in [0, 0.1) is 17.9 Å². The Morgan fingerprint density at radius 1 is 0.343 bits per heavy atom. The average Bonchev–Trinajstić information content (AvgIpc) is 1.58. The van der Waals surface area contributed by atoms with Crippen LogP contribution < -0.4 is 4.74 Å². The zero-order valence-corrected chi connectivity index (χ0v) is 54.8. The molecule has 0 aliphatic rings. The normalized spacial score (nSPS) is 11.3. The van der Waals surface area contributed by atoms with Crippen LogP contribution in [0.1, 0.15) is 20.4 Å². The Morgan fingerprint density at radius 3 is 1.14 bits per heavy atom. The molecule has 99 heavy (non-hydrogen) atoms. The van der Waals surface area contributed by atoms with Gasteiger partial charge in [0.1, 0.15) is 23.3 Å². The van der Waals surface area contributed by atoms with Crippen molar-refractivity contribution in [2.75, 3.05) is 0 Å². The minimum Gasteiger partial charge on any atom is -0.506 e. The Labute approximate surface area is 586 Å². The molecule has 8 nitrogen and oxygen atoms in total. The summed E-state index contributed by atoms with van der Waals surface area (Å²) in [5.41, 5.74) is 14.4. The van der Waals surface area contributed by atoms with E-state index in [1.807, 2.05) is 66.7 Å². The number of ether oxygens (including phenoxy) is 1. The summed E-state index contributed by atoms with van der Waals surface area (Å²) in [6.45, 7) is 7.56. The van der Waals surface area contributed by atoms with Gasteiger partial charge in [0, 0.05) is 101 Å². The number of nitriles is 1. The molecular formula is C88H59BrN6O2S2. The number of para-hydroxylation sites is 6. The van der Waals surface area contributed by atoms with Crippen molar-refractivity contribution in [3.63, 3.8) is 0 Å². The van der Waals surface area contributed by atoms with Crippen LogP contribution in [0.15, 0.2) is 308 Å². The molecule has 0 unspecified atom stereocenters. The second-order valence-corrected chi connectivity index (χ2v) is 26.9. The predicted octanol–water partition coefficient (Wildman–Crippen LogP) is 26.1. The molecule has 0 fully saturated rings. The van der Waals surface area contributed by atoms with Crippen LogP contribution in [0.25, 0.3) is 155 Å². The van der Waals surface area contributed by atoms with E-state index < -0.39 is 0 Å². The van der Waals surface area contributed by atoms with E-state index in [9.17, 15) is 10.4 Å². The Balaban J connectivity index is 0.000000131. The summed E-state index contributed by atoms with van der Waals surface area (Å²) < 4.78 is 21.0. The minimum absolute atomic E-state index is 0. The lowest BCUT2D eigenvalue weighted by Crippen LogP contribution is -1.97. The molecule has 0 saturated carbocycles. The van der Waals surface area contributed by atoms with Gasteiger partial charge in [0.05, 0.1) is 65.7 Å². The Bertz CT molecular complexity index is 6600. The van der Waals surface area contributed by atoms with Crippen molar-refractivity contribution < 1.29 is 9.84 Å². The molecule has 0 atom stereocenters. The summed E-state index contributed by atoms with van der Waals surface area (Å²) in [6, 6.07) is 107. The van der Waals surface area contributed by atoms with Crippen LogP contribution in [-0.4, -0.2) is 23.4 Å². The SMILES string of the molecule is C.C.N#Cc1cc(-n2c3ccccc3c3cc(-n4c5ccccc5c5ccccc54)ccc32)ccc1Oc1cccc2c1sc1ccccc12.Oc1cccc2c1sc1ccccc12.[C-]#[N+]c1cc(-n2c3ccccc3c3cc(-n4c5ccccc5c5ccccc54)ccc32)ccc1Br. The van der Waals surface area contributed by atoms with Crippen LogP contribution in [0.3, 0.4) is 0 Å². The zero-order valence-electron chi connectivity index (χ0n) is 51.6. The predicted molar refractivity (Wildman–Crippen MR) is 423 cm³/mol. The summed E-state index contributed by atoms with van der Waals surface area (Å²) in [7, 11) is 0. The number of aromatic nitrogens is 4. The quantitative estimate of drug-likeness (QED) is 0.169. The second-order valence-electron chi connectivity index (χ2n) is 24.0. The summed E-state index contributed by atoms with van der Waals surface area (Å²) in [6.07, 6.45) is 0. The summed E-state index contributed by atoms with van der Waals surface area (Å²) in [5, 5.41) is 34.5. The molecule has 6 heterocycles. The Hall–Kier alpha value is -12.2. The number of phenolic OH excluding ortho intramolecular Hbond substituents is 1. The number of phenols is 1. The third kappa shape index (κ3) is 10.1. The van der Waals surface area contributed by atoms with Crippen molar-refractivity contribution in [2.24, 2.45) is 0 Å². The van der Waals surface area contributed by atoms with Gasteiger partial charge < -0.3 is 28.1 Å². The Kier molecular flexibility index (Phi) is 15.6. The largest absolute Gasteiger partial charge is 0.506 e. The molecule has 0 bridgehead atoms. The van der Waals surface area contributed by atoms with Gasteiger partial charge in [0.25, 0.3) is 0 Å². The topological polar surface area (TPSA) is 77.3 Å². The molecule has 11 heteroatoms. The summed E-state index contributed by atoms with van der Waals surface area (Å²) in [5.74, 6) is 1.68. The molecule has 1 N–H and O–H groups in total. The first kappa shape index (κ1) is 61.6. The van der Waals surface area contributed by atoms with Crippen molar-refractivity contribution >= 4 is 172 Å². The van der Waals surface area contributed by atoms with Crippen molar-refractivity contribution in [3.8, 4) is 46.1 Å². The van der Waals surface area contributed by atoms with E-state index in [4.69, 9.17) is 11.3 Å². The van der Waals surface area contributed by atoms with E-state index >= 15 is 0 Å². The maximum absolute atomic E-state index is 10.3. The van der Waals surface area contributed by atoms with E-state index in [1.165, 1.54) is 74.6 Å². The van der Waals surface area contributed by atoms with Crippen LogP contribution in [0.2, 0.25) is 0 Å². The fourth-order valence-corrected chi connectivity index (χ4v) is 17.0. The van der Waals surface area contributed by atoms with Gasteiger partial charge in [-0.2, -0.15) is 5.26 Å². The molecular weight excluding hydrogens is 1320 g/mol. The van der Waals surface area contributed by atoms with Crippen LogP contribution in [-0.2, 0) is 0 Å². The van der Waals surface area contributed by atoms with Crippen LogP contribution in [0.4, 0.5) is 5.69 Å². The highest BCUT2D eigenvalue weighted by molar-refractivity contribution is 9.10. The fraction of sp³-hybridized carbons (Fsp3) is 0.0227. The lowest BCUT2D eigenvalue weighted by atomic mass is 10.1. The number of aromatic hydroxyl groups is 1. The fourth-order valence-electron chi connectivity index (χ4n) is 14.4. The van der Waals surface area contributed by atoms with E-state index in [1.54, 1.807) is 28.7 Å². The number of fused-ring (bicyclic) bond motifs is 18. The van der Waals surface area contributed by atoms with Gasteiger partial charge in [0.15, 0.2) is 0 Å². The first-order valence-electron chi connectivity index (χ1n) is 31.8. The van der Waals surface area contributed by atoms with Gasteiger partial charge in [-0.05, 0) is 127 Å². The molecule has 20 rings (SSSR count). The molecule has 0 aliphatic carbocycles. The minimum atomic E-state index is 0. The standard InChI is InChI=1S/C43H25N3OS.C31H18BrN3.C12H8OS.2CH4/c44-26-27-24-28(21-23-40(27)47-41-18-9-14-34-33-13-4-8-19-42(33)48-43(34)41)45-38-17-7-3-12-32(38)35-25-29(20-22-39(35)45)46-36-15-5-1-10-30(36)31-11-2-6-16-37(31)46;1-33-27-19-21(14-16-26(27)32)35-30-13-7-4-10-24(30)25-18-20(15-17-31(25)35)34-28-11-5-2-8-22(28)23-9-3-6-12-29(23)34;13-10-6-3-5-9-8-4-1-2-7-11(8)14-12(9)10;;/h1-25H;2-19H;1-7,13H;2*1H4. The smallest absolute Gasteiger partial charge is 0.203 e. The number of rotatable bonds is 6. The van der Waals surface area contributed by atoms with Crippen molar-refractivity contribution in [3.05, 3.63) is 325 Å². The number of thiophene rings is 2. The first-order chi connectivity index (χ1) is 47.9. The molecule has 472 valence electrons. The third-order valence-corrected chi connectivity index (χ3v) is 21.7. The maximum Gasteiger partial charge on any atom is 0.203 e. The van der Waals surface area contributed by atoms with Gasteiger partial charge in [-0.15, -0.1) is 22.7 Å². The van der Waals surface area contributed by atoms with E-state index in [2.05, 4.69) is 276 Å². The number of nitrogens with zero attached hydrogens (tertiary/aromatic N) is 6. The highest BCUT2D eigenvalue weighted by Crippen LogP contribution is 2.45. The van der Waals surface area contributed by atoms with E-state index in [0.717, 1.165) is 86.0 Å². The van der Waals surface area contributed by atoms with Gasteiger partial charge in [-0.1, -0.05) is 207 Å². The summed E-state index contributed by atoms with van der Waals surface area (Å²) >= 11 is 6.85. The maximum atomic E-state index is 10.3. The number of hydrogen-bond donors (Lipinski definition) is 1.